The van der Waals surface area contributed by atoms with Crippen LogP contribution in [0.2, 0.25) is 0 Å². The average molecular weight is 400 g/mol. The van der Waals surface area contributed by atoms with Gasteiger partial charge in [-0.1, -0.05) is 48.5 Å². The maximum absolute atomic E-state index is 12.9. The predicted octanol–water partition coefficient (Wildman–Crippen LogP) is 4.75. The SMILES string of the molecule is COc1cc(OC)cc(C(=O)NCC(c2ccccc2)c2c[nH]c3ccccc23)c1. The summed E-state index contributed by atoms with van der Waals surface area (Å²) in [6, 6.07) is 23.6. The Balaban J connectivity index is 1.63. The van der Waals surface area contributed by atoms with E-state index in [0.717, 1.165) is 22.0 Å². The maximum Gasteiger partial charge on any atom is 0.251 e. The molecule has 5 heteroatoms. The summed E-state index contributed by atoms with van der Waals surface area (Å²) in [6.07, 6.45) is 2.03. The molecule has 1 unspecified atom stereocenters. The second-order valence-electron chi connectivity index (χ2n) is 7.06. The summed E-state index contributed by atoms with van der Waals surface area (Å²) in [7, 11) is 3.14. The van der Waals surface area contributed by atoms with Gasteiger partial charge in [-0.15, -0.1) is 0 Å². The first-order valence-corrected chi connectivity index (χ1v) is 9.82. The van der Waals surface area contributed by atoms with Crippen LogP contribution in [0.15, 0.2) is 79.0 Å². The number of carbonyl (C=O) groups excluding carboxylic acids is 1. The summed E-state index contributed by atoms with van der Waals surface area (Å²) in [5, 5.41) is 4.25. The Hall–Kier alpha value is -3.73. The van der Waals surface area contributed by atoms with Gasteiger partial charge in [0, 0.05) is 41.2 Å². The van der Waals surface area contributed by atoms with Crippen molar-refractivity contribution in [3.8, 4) is 11.5 Å². The molecule has 30 heavy (non-hydrogen) atoms. The van der Waals surface area contributed by atoms with Crippen LogP contribution in [0.5, 0.6) is 11.5 Å². The minimum Gasteiger partial charge on any atom is -0.497 e. The number of H-pyrrole nitrogens is 1. The van der Waals surface area contributed by atoms with E-state index in [-0.39, 0.29) is 11.8 Å². The Bertz CT molecular complexity index is 1130. The molecule has 0 saturated heterocycles. The van der Waals surface area contributed by atoms with Crippen LogP contribution < -0.4 is 14.8 Å². The lowest BCUT2D eigenvalue weighted by Crippen LogP contribution is -2.29. The van der Waals surface area contributed by atoms with Crippen LogP contribution in [0.1, 0.15) is 27.4 Å². The van der Waals surface area contributed by atoms with Gasteiger partial charge in [0.2, 0.25) is 0 Å². The van der Waals surface area contributed by atoms with E-state index in [1.54, 1.807) is 32.4 Å². The number of benzene rings is 3. The van der Waals surface area contributed by atoms with Crippen LogP contribution in [0.3, 0.4) is 0 Å². The molecule has 0 aliphatic heterocycles. The molecular formula is C25H24N2O3. The summed E-state index contributed by atoms with van der Waals surface area (Å²) in [6.45, 7) is 0.463. The quantitative estimate of drug-likeness (QED) is 0.471. The minimum absolute atomic E-state index is 0.0128. The lowest BCUT2D eigenvalue weighted by atomic mass is 9.91. The molecule has 4 rings (SSSR count). The number of nitrogens with one attached hydrogen (secondary N) is 2. The van der Waals surface area contributed by atoms with Gasteiger partial charge in [-0.25, -0.2) is 0 Å². The van der Waals surface area contributed by atoms with Gasteiger partial charge >= 0.3 is 0 Å². The summed E-state index contributed by atoms with van der Waals surface area (Å²) in [5.41, 5.74) is 3.88. The number of amides is 1. The van der Waals surface area contributed by atoms with E-state index in [1.807, 2.05) is 36.5 Å². The monoisotopic (exact) mass is 400 g/mol. The van der Waals surface area contributed by atoms with Gasteiger partial charge in [-0.05, 0) is 29.3 Å². The number of para-hydroxylation sites is 1. The predicted molar refractivity (Wildman–Crippen MR) is 118 cm³/mol. The van der Waals surface area contributed by atoms with Crippen LogP contribution in [-0.4, -0.2) is 31.7 Å². The first-order chi connectivity index (χ1) is 14.7. The van der Waals surface area contributed by atoms with Crippen LogP contribution in [0.25, 0.3) is 10.9 Å². The van der Waals surface area contributed by atoms with Crippen molar-refractivity contribution in [1.29, 1.82) is 0 Å². The zero-order chi connectivity index (χ0) is 20.9. The van der Waals surface area contributed by atoms with Gasteiger partial charge in [0.25, 0.3) is 5.91 Å². The van der Waals surface area contributed by atoms with E-state index in [4.69, 9.17) is 9.47 Å². The van der Waals surface area contributed by atoms with E-state index in [9.17, 15) is 4.79 Å². The molecule has 1 amide bonds. The fourth-order valence-corrected chi connectivity index (χ4v) is 3.71. The third-order valence-corrected chi connectivity index (χ3v) is 5.28. The normalized spacial score (nSPS) is 11.8. The van der Waals surface area contributed by atoms with Crippen LogP contribution in [0.4, 0.5) is 0 Å². The standard InChI is InChI=1S/C25H24N2O3/c1-29-19-12-18(13-20(14-19)30-2)25(28)27-15-22(17-8-4-3-5-9-17)23-16-26-24-11-7-6-10-21(23)24/h3-14,16,22,26H,15H2,1-2H3,(H,27,28). The molecule has 1 atom stereocenters. The summed E-state index contributed by atoms with van der Waals surface area (Å²) in [4.78, 5) is 16.3. The molecule has 0 aliphatic rings. The Labute approximate surface area is 175 Å². The van der Waals surface area contributed by atoms with E-state index in [2.05, 4.69) is 34.6 Å². The van der Waals surface area contributed by atoms with Crippen LogP contribution >= 0.6 is 0 Å². The number of carbonyl (C=O) groups is 1. The largest absolute Gasteiger partial charge is 0.497 e. The molecule has 0 fully saturated rings. The van der Waals surface area contributed by atoms with Gasteiger partial charge in [-0.3, -0.25) is 4.79 Å². The Morgan fingerprint density at radius 1 is 0.933 bits per heavy atom. The zero-order valence-electron chi connectivity index (χ0n) is 17.0. The molecule has 4 aromatic rings. The highest BCUT2D eigenvalue weighted by Gasteiger charge is 2.19. The molecule has 0 spiro atoms. The molecule has 3 aromatic carbocycles. The van der Waals surface area contributed by atoms with Gasteiger partial charge in [-0.2, -0.15) is 0 Å². The first kappa shape index (κ1) is 19.6. The number of ether oxygens (including phenoxy) is 2. The fraction of sp³-hybridized carbons (Fsp3) is 0.160. The highest BCUT2D eigenvalue weighted by atomic mass is 16.5. The van der Waals surface area contributed by atoms with Crippen LogP contribution in [-0.2, 0) is 0 Å². The Morgan fingerprint density at radius 3 is 2.30 bits per heavy atom. The van der Waals surface area contributed by atoms with Crippen molar-refractivity contribution in [3.63, 3.8) is 0 Å². The molecule has 152 valence electrons. The molecule has 0 aliphatic carbocycles. The number of aromatic amines is 1. The number of hydrogen-bond donors (Lipinski definition) is 2. The highest BCUT2D eigenvalue weighted by Crippen LogP contribution is 2.30. The van der Waals surface area contributed by atoms with Crippen molar-refractivity contribution in [2.45, 2.75) is 5.92 Å². The highest BCUT2D eigenvalue weighted by molar-refractivity contribution is 5.95. The second kappa shape index (κ2) is 8.74. The Kier molecular flexibility index (Phi) is 5.70. The smallest absolute Gasteiger partial charge is 0.251 e. The number of hydrogen-bond acceptors (Lipinski definition) is 3. The second-order valence-corrected chi connectivity index (χ2v) is 7.06. The summed E-state index contributed by atoms with van der Waals surface area (Å²) >= 11 is 0. The number of fused-ring (bicyclic) bond motifs is 1. The van der Waals surface area contributed by atoms with Gasteiger partial charge in [0.05, 0.1) is 14.2 Å². The van der Waals surface area contributed by atoms with E-state index >= 15 is 0 Å². The van der Waals surface area contributed by atoms with Gasteiger partial charge < -0.3 is 19.8 Å². The fourth-order valence-electron chi connectivity index (χ4n) is 3.71. The first-order valence-electron chi connectivity index (χ1n) is 9.82. The van der Waals surface area contributed by atoms with Crippen molar-refractivity contribution >= 4 is 16.8 Å². The minimum atomic E-state index is -0.173. The zero-order valence-corrected chi connectivity index (χ0v) is 17.0. The van der Waals surface area contributed by atoms with Gasteiger partial charge in [0.1, 0.15) is 11.5 Å². The number of methoxy groups -OCH3 is 2. The molecule has 1 aromatic heterocycles. The molecule has 2 N–H and O–H groups in total. The maximum atomic E-state index is 12.9. The van der Waals surface area contributed by atoms with E-state index in [1.165, 1.54) is 0 Å². The average Bonchev–Trinajstić information content (AvgIpc) is 3.23. The van der Waals surface area contributed by atoms with Crippen LogP contribution in [0, 0.1) is 0 Å². The molecule has 1 heterocycles. The van der Waals surface area contributed by atoms with Crippen molar-refractivity contribution in [1.82, 2.24) is 10.3 Å². The molecular weight excluding hydrogens is 376 g/mol. The van der Waals surface area contributed by atoms with E-state index < -0.39 is 0 Å². The molecule has 0 radical (unpaired) electrons. The summed E-state index contributed by atoms with van der Waals surface area (Å²) in [5.74, 6) is 0.998. The molecule has 0 bridgehead atoms. The van der Waals surface area contributed by atoms with Crippen molar-refractivity contribution in [2.24, 2.45) is 0 Å². The number of aromatic nitrogens is 1. The van der Waals surface area contributed by atoms with Crippen molar-refractivity contribution < 1.29 is 14.3 Å². The Morgan fingerprint density at radius 2 is 1.60 bits per heavy atom. The third kappa shape index (κ3) is 4.01. The third-order valence-electron chi connectivity index (χ3n) is 5.28. The van der Waals surface area contributed by atoms with Gasteiger partial charge in [0.15, 0.2) is 0 Å². The lowest BCUT2D eigenvalue weighted by molar-refractivity contribution is 0.0951. The van der Waals surface area contributed by atoms with E-state index in [0.29, 0.717) is 23.6 Å². The van der Waals surface area contributed by atoms with Crippen molar-refractivity contribution in [2.75, 3.05) is 20.8 Å². The summed E-state index contributed by atoms with van der Waals surface area (Å²) < 4.78 is 10.6. The topological polar surface area (TPSA) is 63.4 Å². The molecule has 5 nitrogen and oxygen atoms in total. The number of rotatable bonds is 7. The van der Waals surface area contributed by atoms with Crippen molar-refractivity contribution in [3.05, 3.63) is 95.7 Å². The lowest BCUT2D eigenvalue weighted by Gasteiger charge is -2.18. The molecule has 0 saturated carbocycles.